The highest BCUT2D eigenvalue weighted by Crippen LogP contribution is 2.21. The molecule has 0 amide bonds. The number of ketones is 1. The molecule has 0 saturated carbocycles. The highest BCUT2D eigenvalue weighted by atomic mass is 19.1. The Kier molecular flexibility index (Phi) is 6.16. The Balaban J connectivity index is 2.73. The quantitative estimate of drug-likeness (QED) is 0.762. The lowest BCUT2D eigenvalue weighted by atomic mass is 9.92. The number of hydrogen-bond acceptors (Lipinski definition) is 2. The molecular formula is C16H24FNO. The summed E-state index contributed by atoms with van der Waals surface area (Å²) in [4.78, 5) is 12.2. The van der Waals surface area contributed by atoms with Gasteiger partial charge in [-0.25, -0.2) is 4.39 Å². The predicted molar refractivity (Wildman–Crippen MR) is 76.9 cm³/mol. The zero-order chi connectivity index (χ0) is 14.4. The zero-order valence-corrected chi connectivity index (χ0v) is 12.1. The van der Waals surface area contributed by atoms with E-state index in [0.717, 1.165) is 30.4 Å². The summed E-state index contributed by atoms with van der Waals surface area (Å²) in [7, 11) is 0. The first-order chi connectivity index (χ1) is 8.99. The number of nitrogens with two attached hydrogens (primary N) is 1. The summed E-state index contributed by atoms with van der Waals surface area (Å²) in [5, 5.41) is 0. The summed E-state index contributed by atoms with van der Waals surface area (Å²) in [5.74, 6) is -0.0254. The predicted octanol–water partition coefficient (Wildman–Crippen LogP) is 3.78. The van der Waals surface area contributed by atoms with Gasteiger partial charge in [0.05, 0.1) is 5.56 Å². The Bertz CT molecular complexity index is 419. The van der Waals surface area contributed by atoms with Gasteiger partial charge in [0.2, 0.25) is 0 Å². The standard InChI is InChI=1S/C16H24FNO/c1-4-13(7-8-18)5-6-15(19)16-12(3)9-11(2)10-14(16)17/h9-10,13H,4-8,18H2,1-3H3. The van der Waals surface area contributed by atoms with Crippen molar-refractivity contribution >= 4 is 5.78 Å². The van der Waals surface area contributed by atoms with Gasteiger partial charge in [-0.3, -0.25) is 4.79 Å². The summed E-state index contributed by atoms with van der Waals surface area (Å²) in [6.45, 7) is 6.37. The third kappa shape index (κ3) is 4.43. The molecule has 0 radical (unpaired) electrons. The number of benzene rings is 1. The van der Waals surface area contributed by atoms with Gasteiger partial charge in [0, 0.05) is 6.42 Å². The van der Waals surface area contributed by atoms with Crippen molar-refractivity contribution in [1.82, 2.24) is 0 Å². The lowest BCUT2D eigenvalue weighted by Gasteiger charge is -2.14. The van der Waals surface area contributed by atoms with Crippen molar-refractivity contribution in [3.05, 3.63) is 34.6 Å². The van der Waals surface area contributed by atoms with E-state index in [1.54, 1.807) is 6.92 Å². The van der Waals surface area contributed by atoms with E-state index in [0.29, 0.717) is 18.9 Å². The molecule has 0 aliphatic heterocycles. The number of aryl methyl sites for hydroxylation is 2. The Morgan fingerprint density at radius 2 is 2.00 bits per heavy atom. The summed E-state index contributed by atoms with van der Waals surface area (Å²) in [6.07, 6.45) is 3.14. The maximum absolute atomic E-state index is 13.9. The Labute approximate surface area is 115 Å². The molecule has 3 heteroatoms. The largest absolute Gasteiger partial charge is 0.330 e. The molecule has 0 bridgehead atoms. The molecule has 2 nitrogen and oxygen atoms in total. The Morgan fingerprint density at radius 3 is 2.53 bits per heavy atom. The number of carbonyl (C=O) groups is 1. The van der Waals surface area contributed by atoms with E-state index in [2.05, 4.69) is 6.92 Å². The lowest BCUT2D eigenvalue weighted by Crippen LogP contribution is -2.12. The van der Waals surface area contributed by atoms with Crippen molar-refractivity contribution in [2.45, 2.75) is 46.5 Å². The highest BCUT2D eigenvalue weighted by Gasteiger charge is 2.16. The molecule has 0 fully saturated rings. The fraction of sp³-hybridized carbons (Fsp3) is 0.562. The third-order valence-electron chi connectivity index (χ3n) is 3.64. The molecule has 1 rings (SSSR count). The Morgan fingerprint density at radius 1 is 1.32 bits per heavy atom. The van der Waals surface area contributed by atoms with Crippen LogP contribution in [0.4, 0.5) is 4.39 Å². The van der Waals surface area contributed by atoms with Crippen molar-refractivity contribution < 1.29 is 9.18 Å². The van der Waals surface area contributed by atoms with Crippen molar-refractivity contribution in [3.63, 3.8) is 0 Å². The second-order valence-corrected chi connectivity index (χ2v) is 5.25. The second-order valence-electron chi connectivity index (χ2n) is 5.25. The normalized spacial score (nSPS) is 12.5. The topological polar surface area (TPSA) is 43.1 Å². The van der Waals surface area contributed by atoms with E-state index < -0.39 is 5.82 Å². The van der Waals surface area contributed by atoms with Crippen LogP contribution in [0.2, 0.25) is 0 Å². The van der Waals surface area contributed by atoms with E-state index in [9.17, 15) is 9.18 Å². The molecular weight excluding hydrogens is 241 g/mol. The van der Waals surface area contributed by atoms with Gasteiger partial charge in [0.25, 0.3) is 0 Å². The van der Waals surface area contributed by atoms with Gasteiger partial charge >= 0.3 is 0 Å². The fourth-order valence-electron chi connectivity index (χ4n) is 2.52. The summed E-state index contributed by atoms with van der Waals surface area (Å²) >= 11 is 0. The number of rotatable bonds is 7. The molecule has 0 saturated heterocycles. The van der Waals surface area contributed by atoms with E-state index in [1.807, 2.05) is 13.0 Å². The van der Waals surface area contributed by atoms with Crippen LogP contribution >= 0.6 is 0 Å². The lowest BCUT2D eigenvalue weighted by molar-refractivity contribution is 0.0968. The minimum atomic E-state index is -0.394. The van der Waals surface area contributed by atoms with Crippen LogP contribution < -0.4 is 5.73 Å². The van der Waals surface area contributed by atoms with Gasteiger partial charge < -0.3 is 5.73 Å². The summed E-state index contributed by atoms with van der Waals surface area (Å²) in [5.41, 5.74) is 7.38. The molecule has 0 heterocycles. The SMILES string of the molecule is CCC(CCN)CCC(=O)c1c(C)cc(C)cc1F. The fourth-order valence-corrected chi connectivity index (χ4v) is 2.52. The first kappa shape index (κ1) is 15.8. The molecule has 0 aliphatic rings. The van der Waals surface area contributed by atoms with E-state index >= 15 is 0 Å². The number of Topliss-reactive ketones (excluding diaryl/α,β-unsaturated/α-hetero) is 1. The van der Waals surface area contributed by atoms with Gasteiger partial charge in [-0.05, 0) is 56.3 Å². The average Bonchev–Trinajstić information content (AvgIpc) is 2.33. The van der Waals surface area contributed by atoms with Crippen LogP contribution in [0.3, 0.4) is 0 Å². The van der Waals surface area contributed by atoms with E-state index in [-0.39, 0.29) is 11.3 Å². The van der Waals surface area contributed by atoms with Crippen LogP contribution in [-0.2, 0) is 0 Å². The van der Waals surface area contributed by atoms with E-state index in [1.165, 1.54) is 6.07 Å². The van der Waals surface area contributed by atoms with Gasteiger partial charge in [-0.1, -0.05) is 19.4 Å². The van der Waals surface area contributed by atoms with Gasteiger partial charge in [-0.15, -0.1) is 0 Å². The average molecular weight is 265 g/mol. The summed E-state index contributed by atoms with van der Waals surface area (Å²) < 4.78 is 13.9. The van der Waals surface area contributed by atoms with Gasteiger partial charge in [0.15, 0.2) is 5.78 Å². The number of halogens is 1. The molecule has 0 spiro atoms. The minimum Gasteiger partial charge on any atom is -0.330 e. The first-order valence-corrected chi connectivity index (χ1v) is 6.99. The molecule has 1 atom stereocenters. The van der Waals surface area contributed by atoms with Crippen molar-refractivity contribution in [2.24, 2.45) is 11.7 Å². The van der Waals surface area contributed by atoms with Gasteiger partial charge in [-0.2, -0.15) is 0 Å². The van der Waals surface area contributed by atoms with Crippen LogP contribution in [0, 0.1) is 25.6 Å². The minimum absolute atomic E-state index is 0.0922. The number of hydrogen-bond donors (Lipinski definition) is 1. The Hall–Kier alpha value is -1.22. The molecule has 1 aromatic rings. The van der Waals surface area contributed by atoms with Crippen molar-refractivity contribution in [1.29, 1.82) is 0 Å². The van der Waals surface area contributed by atoms with Crippen LogP contribution in [0.15, 0.2) is 12.1 Å². The molecule has 0 aromatic heterocycles. The van der Waals surface area contributed by atoms with Crippen molar-refractivity contribution in [3.8, 4) is 0 Å². The van der Waals surface area contributed by atoms with Crippen LogP contribution in [0.1, 0.15) is 54.1 Å². The molecule has 2 N–H and O–H groups in total. The highest BCUT2D eigenvalue weighted by molar-refractivity contribution is 5.97. The molecule has 106 valence electrons. The maximum atomic E-state index is 13.9. The van der Waals surface area contributed by atoms with Crippen molar-refractivity contribution in [2.75, 3.05) is 6.54 Å². The van der Waals surface area contributed by atoms with Crippen LogP contribution in [0.25, 0.3) is 0 Å². The van der Waals surface area contributed by atoms with Gasteiger partial charge in [0.1, 0.15) is 5.82 Å². The van der Waals surface area contributed by atoms with Crippen LogP contribution in [0.5, 0.6) is 0 Å². The number of carbonyl (C=O) groups excluding carboxylic acids is 1. The molecule has 19 heavy (non-hydrogen) atoms. The van der Waals surface area contributed by atoms with E-state index in [4.69, 9.17) is 5.73 Å². The summed E-state index contributed by atoms with van der Waals surface area (Å²) in [6, 6.07) is 3.28. The second kappa shape index (κ2) is 7.39. The first-order valence-electron chi connectivity index (χ1n) is 6.99. The van der Waals surface area contributed by atoms with Crippen LogP contribution in [-0.4, -0.2) is 12.3 Å². The monoisotopic (exact) mass is 265 g/mol. The molecule has 1 aromatic carbocycles. The molecule has 1 unspecified atom stereocenters. The molecule has 0 aliphatic carbocycles. The zero-order valence-electron chi connectivity index (χ0n) is 12.1. The smallest absolute Gasteiger partial charge is 0.166 e. The third-order valence-corrected chi connectivity index (χ3v) is 3.64. The maximum Gasteiger partial charge on any atom is 0.166 e.